The minimum atomic E-state index is 0.00881. The van der Waals surface area contributed by atoms with Crippen molar-refractivity contribution in [3.05, 3.63) is 0 Å². The zero-order valence-corrected chi connectivity index (χ0v) is 23.0. The number of aliphatic hydroxyl groups excluding tert-OH is 1. The minimum Gasteiger partial charge on any atom is -0.462 e. The predicted octanol–water partition coefficient (Wildman–Crippen LogP) is 7.23. The van der Waals surface area contributed by atoms with E-state index in [0.29, 0.717) is 18.8 Å². The van der Waals surface area contributed by atoms with Crippen LogP contribution in [0, 0.1) is 5.92 Å². The summed E-state index contributed by atoms with van der Waals surface area (Å²) in [6.45, 7) is 5.70. The van der Waals surface area contributed by atoms with Crippen LogP contribution in [0.5, 0.6) is 0 Å². The summed E-state index contributed by atoms with van der Waals surface area (Å²) < 4.78 is 6.00. The van der Waals surface area contributed by atoms with Crippen molar-refractivity contribution in [2.75, 3.05) is 26.2 Å². The van der Waals surface area contributed by atoms with E-state index in [0.717, 1.165) is 83.7 Å². The average molecular weight is 496 g/mol. The zero-order valence-electron chi connectivity index (χ0n) is 23.0. The summed E-state index contributed by atoms with van der Waals surface area (Å²) in [6, 6.07) is 0. The molecule has 1 unspecified atom stereocenters. The van der Waals surface area contributed by atoms with Crippen LogP contribution in [0.4, 0.5) is 0 Å². The molecule has 0 saturated carbocycles. The van der Waals surface area contributed by atoms with Crippen molar-refractivity contribution in [3.63, 3.8) is 0 Å². The van der Waals surface area contributed by atoms with Gasteiger partial charge in [-0.05, 0) is 76.8 Å². The van der Waals surface area contributed by atoms with Crippen molar-refractivity contribution in [2.45, 2.75) is 148 Å². The number of carbonyl (C=O) groups is 2. The molecule has 0 amide bonds. The van der Waals surface area contributed by atoms with Crippen LogP contribution in [0.15, 0.2) is 0 Å². The number of aliphatic hydroxyl groups is 1. The molecule has 5 nitrogen and oxygen atoms in total. The quantitative estimate of drug-likeness (QED) is 0.0869. The molecular weight excluding hydrogens is 438 g/mol. The van der Waals surface area contributed by atoms with Gasteiger partial charge in [0.15, 0.2) is 0 Å². The third-order valence-corrected chi connectivity index (χ3v) is 7.62. The van der Waals surface area contributed by atoms with E-state index in [1.165, 1.54) is 64.2 Å². The first-order valence-electron chi connectivity index (χ1n) is 15.2. The highest BCUT2D eigenvalue weighted by atomic mass is 16.5. The Morgan fingerprint density at radius 1 is 0.886 bits per heavy atom. The highest BCUT2D eigenvalue weighted by Crippen LogP contribution is 2.23. The summed E-state index contributed by atoms with van der Waals surface area (Å²) in [5, 5.41) is 9.01. The van der Waals surface area contributed by atoms with E-state index in [2.05, 4.69) is 11.8 Å². The Hall–Kier alpha value is -0.940. The number of hydrogen-bond donors (Lipinski definition) is 1. The number of ether oxygens (including phenoxy) is 1. The first kappa shape index (κ1) is 32.1. The molecule has 0 aromatic carbocycles. The van der Waals surface area contributed by atoms with Gasteiger partial charge in [0.05, 0.1) is 0 Å². The third-order valence-electron chi connectivity index (χ3n) is 7.62. The van der Waals surface area contributed by atoms with Crippen molar-refractivity contribution in [1.82, 2.24) is 4.90 Å². The van der Waals surface area contributed by atoms with Crippen LogP contribution in [-0.4, -0.2) is 54.6 Å². The fraction of sp³-hybridized carbons (Fsp3) is 0.933. The van der Waals surface area contributed by atoms with Crippen LogP contribution in [0.2, 0.25) is 0 Å². The van der Waals surface area contributed by atoms with Gasteiger partial charge in [-0.15, -0.1) is 0 Å². The number of likely N-dealkylation sites (tertiary alicyclic amines) is 1. The zero-order chi connectivity index (χ0) is 25.4. The molecule has 1 N–H and O–H groups in total. The van der Waals surface area contributed by atoms with Crippen LogP contribution in [0.25, 0.3) is 0 Å². The van der Waals surface area contributed by atoms with Gasteiger partial charge in [-0.2, -0.15) is 0 Å². The monoisotopic (exact) mass is 495 g/mol. The maximum atomic E-state index is 12.7. The lowest BCUT2D eigenvalue weighted by atomic mass is 9.92. The molecule has 5 heteroatoms. The van der Waals surface area contributed by atoms with Gasteiger partial charge in [-0.3, -0.25) is 4.79 Å². The Balaban J connectivity index is 2.26. The summed E-state index contributed by atoms with van der Waals surface area (Å²) in [5.74, 6) is 0.642. The number of carbonyl (C=O) groups excluding carboxylic acids is 2. The summed E-state index contributed by atoms with van der Waals surface area (Å²) in [4.78, 5) is 25.5. The van der Waals surface area contributed by atoms with E-state index in [-0.39, 0.29) is 18.7 Å². The van der Waals surface area contributed by atoms with Crippen LogP contribution in [-0.2, 0) is 14.3 Å². The number of esters is 1. The first-order chi connectivity index (χ1) is 17.2. The molecule has 1 aliphatic rings. The SMILES string of the molecule is CCCCCCCCCC(CCCCCCCCC=O)OC(=O)CCC1CCN(CCCO)CC1. The number of rotatable bonds is 24. The first-order valence-corrected chi connectivity index (χ1v) is 15.2. The van der Waals surface area contributed by atoms with Crippen LogP contribution in [0.1, 0.15) is 142 Å². The number of aldehydes is 1. The standard InChI is InChI=1S/C30H57NO4/c1-2-3-4-5-7-10-13-17-29(18-14-11-8-6-9-12-15-26-32)35-30(34)20-19-28-21-24-31(25-22-28)23-16-27-33/h26,28-29,33H,2-25,27H2,1H3. The molecule has 0 aliphatic carbocycles. The molecule has 1 saturated heterocycles. The third kappa shape index (κ3) is 18.9. The Kier molecular flexibility index (Phi) is 21.5. The minimum absolute atomic E-state index is 0.00881. The highest BCUT2D eigenvalue weighted by Gasteiger charge is 2.21. The predicted molar refractivity (Wildman–Crippen MR) is 146 cm³/mol. The summed E-state index contributed by atoms with van der Waals surface area (Å²) in [7, 11) is 0. The maximum Gasteiger partial charge on any atom is 0.306 e. The lowest BCUT2D eigenvalue weighted by Gasteiger charge is -2.31. The molecule has 1 heterocycles. The molecule has 1 aliphatic heterocycles. The van der Waals surface area contributed by atoms with Crippen molar-refractivity contribution >= 4 is 12.3 Å². The lowest BCUT2D eigenvalue weighted by Crippen LogP contribution is -2.35. The van der Waals surface area contributed by atoms with E-state index < -0.39 is 0 Å². The van der Waals surface area contributed by atoms with Crippen LogP contribution in [0.3, 0.4) is 0 Å². The molecule has 0 aromatic heterocycles. The van der Waals surface area contributed by atoms with Gasteiger partial charge in [0.2, 0.25) is 0 Å². The van der Waals surface area contributed by atoms with E-state index in [4.69, 9.17) is 9.84 Å². The number of piperidine rings is 1. The van der Waals surface area contributed by atoms with Crippen molar-refractivity contribution < 1.29 is 19.4 Å². The average Bonchev–Trinajstić information content (AvgIpc) is 2.87. The Labute approximate surface area is 216 Å². The summed E-state index contributed by atoms with van der Waals surface area (Å²) in [5.41, 5.74) is 0. The number of unbranched alkanes of at least 4 members (excludes halogenated alkanes) is 12. The molecule has 0 aromatic rings. The molecule has 1 fully saturated rings. The van der Waals surface area contributed by atoms with Gasteiger partial charge < -0.3 is 19.5 Å². The fourth-order valence-corrected chi connectivity index (χ4v) is 5.26. The second kappa shape index (κ2) is 23.5. The molecule has 0 radical (unpaired) electrons. The largest absolute Gasteiger partial charge is 0.462 e. The normalized spacial score (nSPS) is 15.8. The van der Waals surface area contributed by atoms with Gasteiger partial charge in [-0.1, -0.05) is 71.1 Å². The number of nitrogens with zero attached hydrogens (tertiary/aromatic N) is 1. The van der Waals surface area contributed by atoms with Gasteiger partial charge in [-0.25, -0.2) is 0 Å². The Bertz CT molecular complexity index is 491. The molecule has 0 spiro atoms. The molecular formula is C30H57NO4. The van der Waals surface area contributed by atoms with Crippen LogP contribution >= 0.6 is 0 Å². The number of hydrogen-bond acceptors (Lipinski definition) is 5. The Morgan fingerprint density at radius 2 is 1.46 bits per heavy atom. The maximum absolute atomic E-state index is 12.7. The van der Waals surface area contributed by atoms with Crippen LogP contribution < -0.4 is 0 Å². The second-order valence-electron chi connectivity index (χ2n) is 10.8. The van der Waals surface area contributed by atoms with E-state index >= 15 is 0 Å². The van der Waals surface area contributed by atoms with Gasteiger partial charge in [0.1, 0.15) is 12.4 Å². The molecule has 1 atom stereocenters. The van der Waals surface area contributed by atoms with E-state index in [1.54, 1.807) is 0 Å². The lowest BCUT2D eigenvalue weighted by molar-refractivity contribution is -0.150. The van der Waals surface area contributed by atoms with E-state index in [9.17, 15) is 9.59 Å². The second-order valence-corrected chi connectivity index (χ2v) is 10.8. The van der Waals surface area contributed by atoms with Crippen molar-refractivity contribution in [3.8, 4) is 0 Å². The molecule has 206 valence electrons. The smallest absolute Gasteiger partial charge is 0.306 e. The topological polar surface area (TPSA) is 66.8 Å². The fourth-order valence-electron chi connectivity index (χ4n) is 5.26. The molecule has 1 rings (SSSR count). The van der Waals surface area contributed by atoms with Crippen molar-refractivity contribution in [2.24, 2.45) is 5.92 Å². The molecule has 0 bridgehead atoms. The van der Waals surface area contributed by atoms with Gasteiger partial charge >= 0.3 is 5.97 Å². The van der Waals surface area contributed by atoms with Crippen molar-refractivity contribution in [1.29, 1.82) is 0 Å². The van der Waals surface area contributed by atoms with Gasteiger partial charge in [0, 0.05) is 26.0 Å². The highest BCUT2D eigenvalue weighted by molar-refractivity contribution is 5.69. The summed E-state index contributed by atoms with van der Waals surface area (Å²) in [6.07, 6.45) is 24.5. The molecule has 35 heavy (non-hydrogen) atoms. The summed E-state index contributed by atoms with van der Waals surface area (Å²) >= 11 is 0. The van der Waals surface area contributed by atoms with E-state index in [1.807, 2.05) is 0 Å². The Morgan fingerprint density at radius 3 is 2.03 bits per heavy atom. The van der Waals surface area contributed by atoms with Gasteiger partial charge in [0.25, 0.3) is 0 Å².